The number of nitriles is 1. The van der Waals surface area contributed by atoms with Gasteiger partial charge in [0.2, 0.25) is 0 Å². The summed E-state index contributed by atoms with van der Waals surface area (Å²) in [5.41, 5.74) is -0.273. The molecule has 20 heavy (non-hydrogen) atoms. The molecule has 2 aromatic rings. The van der Waals surface area contributed by atoms with Gasteiger partial charge in [-0.2, -0.15) is 5.26 Å². The number of nitrogens with zero attached hydrogens (tertiary/aromatic N) is 4. The van der Waals surface area contributed by atoms with Crippen LogP contribution in [0.15, 0.2) is 12.1 Å². The molecule has 104 valence electrons. The molecule has 0 fully saturated rings. The first-order valence-electron chi connectivity index (χ1n) is 6.07. The third-order valence-electron chi connectivity index (χ3n) is 2.85. The predicted molar refractivity (Wildman–Crippen MR) is 65.0 cm³/mol. The van der Waals surface area contributed by atoms with E-state index in [1.165, 1.54) is 4.68 Å². The van der Waals surface area contributed by atoms with Crippen molar-refractivity contribution in [3.63, 3.8) is 0 Å². The molecular weight excluding hydrogens is 269 g/mol. The Labute approximate surface area is 113 Å². The summed E-state index contributed by atoms with van der Waals surface area (Å²) < 4.78 is 41.5. The average molecular weight is 280 g/mol. The number of hydrogen-bond acceptors (Lipinski definition) is 3. The smallest absolute Gasteiger partial charge is 0.195 e. The van der Waals surface area contributed by atoms with Gasteiger partial charge in [0.1, 0.15) is 11.8 Å². The van der Waals surface area contributed by atoms with Crippen LogP contribution in [0.25, 0.3) is 11.3 Å². The van der Waals surface area contributed by atoms with Crippen LogP contribution in [0.2, 0.25) is 0 Å². The number of aromatic nitrogens is 3. The number of aryl methyl sites for hydroxylation is 1. The van der Waals surface area contributed by atoms with E-state index in [1.807, 2.05) is 6.92 Å². The van der Waals surface area contributed by atoms with E-state index in [0.717, 1.165) is 25.0 Å². The molecule has 0 aliphatic carbocycles. The quantitative estimate of drug-likeness (QED) is 0.809. The van der Waals surface area contributed by atoms with Gasteiger partial charge in [-0.3, -0.25) is 0 Å². The molecule has 0 atom stereocenters. The Morgan fingerprint density at radius 3 is 2.65 bits per heavy atom. The van der Waals surface area contributed by atoms with Crippen molar-refractivity contribution in [2.24, 2.45) is 0 Å². The van der Waals surface area contributed by atoms with Crippen molar-refractivity contribution >= 4 is 0 Å². The SMILES string of the molecule is CCCCn1nnc(C#N)c1-c1ccc(F)c(F)c1F. The summed E-state index contributed by atoms with van der Waals surface area (Å²) in [6.07, 6.45) is 1.61. The molecule has 4 nitrogen and oxygen atoms in total. The Kier molecular flexibility index (Phi) is 4.03. The lowest BCUT2D eigenvalue weighted by Gasteiger charge is -2.07. The predicted octanol–water partition coefficient (Wildman–Crippen LogP) is 3.03. The third kappa shape index (κ3) is 2.37. The van der Waals surface area contributed by atoms with E-state index in [0.29, 0.717) is 6.54 Å². The highest BCUT2D eigenvalue weighted by molar-refractivity contribution is 5.65. The van der Waals surface area contributed by atoms with Gasteiger partial charge in [-0.25, -0.2) is 17.9 Å². The number of benzene rings is 1. The van der Waals surface area contributed by atoms with Crippen LogP contribution in [0, 0.1) is 28.8 Å². The van der Waals surface area contributed by atoms with Crippen molar-refractivity contribution in [2.45, 2.75) is 26.3 Å². The molecule has 0 unspecified atom stereocenters. The van der Waals surface area contributed by atoms with Crippen LogP contribution < -0.4 is 0 Å². The van der Waals surface area contributed by atoms with E-state index in [4.69, 9.17) is 5.26 Å². The van der Waals surface area contributed by atoms with Crippen LogP contribution in [0.1, 0.15) is 25.5 Å². The fourth-order valence-electron chi connectivity index (χ4n) is 1.83. The Morgan fingerprint density at radius 1 is 1.25 bits per heavy atom. The van der Waals surface area contributed by atoms with Gasteiger partial charge in [-0.15, -0.1) is 5.10 Å². The van der Waals surface area contributed by atoms with Gasteiger partial charge in [0, 0.05) is 12.1 Å². The van der Waals surface area contributed by atoms with Gasteiger partial charge in [0.05, 0.1) is 0 Å². The third-order valence-corrected chi connectivity index (χ3v) is 2.85. The number of unbranched alkanes of at least 4 members (excludes halogenated alkanes) is 1. The summed E-state index contributed by atoms with van der Waals surface area (Å²) in [5, 5.41) is 16.4. The number of rotatable bonds is 4. The van der Waals surface area contributed by atoms with Crippen molar-refractivity contribution in [1.82, 2.24) is 15.0 Å². The summed E-state index contributed by atoms with van der Waals surface area (Å²) in [6.45, 7) is 2.37. The van der Waals surface area contributed by atoms with E-state index in [2.05, 4.69) is 10.3 Å². The zero-order valence-corrected chi connectivity index (χ0v) is 10.7. The zero-order chi connectivity index (χ0) is 14.7. The highest BCUT2D eigenvalue weighted by atomic mass is 19.2. The Bertz CT molecular complexity index is 673. The maximum atomic E-state index is 13.9. The first kappa shape index (κ1) is 14.1. The van der Waals surface area contributed by atoms with Gasteiger partial charge in [0.15, 0.2) is 23.1 Å². The molecule has 0 bridgehead atoms. The average Bonchev–Trinajstić information content (AvgIpc) is 2.85. The van der Waals surface area contributed by atoms with E-state index >= 15 is 0 Å². The molecule has 0 aliphatic heterocycles. The first-order chi connectivity index (χ1) is 9.60. The maximum absolute atomic E-state index is 13.9. The van der Waals surface area contributed by atoms with E-state index in [-0.39, 0.29) is 17.0 Å². The maximum Gasteiger partial charge on any atom is 0.195 e. The van der Waals surface area contributed by atoms with Gasteiger partial charge in [-0.05, 0) is 18.6 Å². The van der Waals surface area contributed by atoms with Crippen molar-refractivity contribution in [3.05, 3.63) is 35.3 Å². The van der Waals surface area contributed by atoms with Crippen molar-refractivity contribution < 1.29 is 13.2 Å². The summed E-state index contributed by atoms with van der Waals surface area (Å²) in [7, 11) is 0. The van der Waals surface area contributed by atoms with Crippen molar-refractivity contribution in [2.75, 3.05) is 0 Å². The molecule has 0 aliphatic rings. The molecule has 2 rings (SSSR count). The second kappa shape index (κ2) is 5.74. The van der Waals surface area contributed by atoms with E-state index in [9.17, 15) is 13.2 Å². The molecule has 0 spiro atoms. The highest BCUT2D eigenvalue weighted by Crippen LogP contribution is 2.27. The molecule has 0 saturated carbocycles. The second-order valence-electron chi connectivity index (χ2n) is 4.20. The molecule has 0 radical (unpaired) electrons. The van der Waals surface area contributed by atoms with Gasteiger partial charge in [0.25, 0.3) is 0 Å². The van der Waals surface area contributed by atoms with Gasteiger partial charge >= 0.3 is 0 Å². The van der Waals surface area contributed by atoms with Gasteiger partial charge in [-0.1, -0.05) is 18.6 Å². The molecular formula is C13H11F3N4. The minimum absolute atomic E-state index is 0.0670. The van der Waals surface area contributed by atoms with Crippen LogP contribution >= 0.6 is 0 Å². The fourth-order valence-corrected chi connectivity index (χ4v) is 1.83. The second-order valence-corrected chi connectivity index (χ2v) is 4.20. The van der Waals surface area contributed by atoms with Crippen LogP contribution in [0.5, 0.6) is 0 Å². The van der Waals surface area contributed by atoms with Crippen LogP contribution in [0.3, 0.4) is 0 Å². The van der Waals surface area contributed by atoms with Crippen LogP contribution in [-0.2, 0) is 6.54 Å². The number of halogens is 3. The normalized spacial score (nSPS) is 10.6. The van der Waals surface area contributed by atoms with E-state index in [1.54, 1.807) is 6.07 Å². The first-order valence-corrected chi connectivity index (χ1v) is 6.07. The molecule has 0 saturated heterocycles. The summed E-state index contributed by atoms with van der Waals surface area (Å²) in [6, 6.07) is 3.67. The molecule has 0 N–H and O–H groups in total. The highest BCUT2D eigenvalue weighted by Gasteiger charge is 2.22. The molecule has 1 aromatic heterocycles. The zero-order valence-electron chi connectivity index (χ0n) is 10.7. The Hall–Kier alpha value is -2.36. The number of hydrogen-bond donors (Lipinski definition) is 0. The van der Waals surface area contributed by atoms with Crippen LogP contribution in [-0.4, -0.2) is 15.0 Å². The summed E-state index contributed by atoms with van der Waals surface area (Å²) >= 11 is 0. The van der Waals surface area contributed by atoms with Crippen LogP contribution in [0.4, 0.5) is 13.2 Å². The van der Waals surface area contributed by atoms with Crippen molar-refractivity contribution in [1.29, 1.82) is 5.26 Å². The lowest BCUT2D eigenvalue weighted by Crippen LogP contribution is -2.05. The van der Waals surface area contributed by atoms with Crippen molar-refractivity contribution in [3.8, 4) is 17.3 Å². The summed E-state index contributed by atoms with van der Waals surface area (Å²) in [5.74, 6) is -4.20. The standard InChI is InChI=1S/C13H11F3N4/c1-2-3-6-20-13(10(7-17)18-19-20)8-4-5-9(14)12(16)11(8)15/h4-5H,2-3,6H2,1H3. The molecule has 7 heteroatoms. The molecule has 1 aromatic carbocycles. The Morgan fingerprint density at radius 2 is 2.00 bits per heavy atom. The minimum atomic E-state index is -1.57. The largest absolute Gasteiger partial charge is 0.243 e. The lowest BCUT2D eigenvalue weighted by molar-refractivity contribution is 0.448. The topological polar surface area (TPSA) is 54.5 Å². The van der Waals surface area contributed by atoms with Gasteiger partial charge < -0.3 is 0 Å². The minimum Gasteiger partial charge on any atom is -0.243 e. The van der Waals surface area contributed by atoms with E-state index < -0.39 is 17.5 Å². The lowest BCUT2D eigenvalue weighted by atomic mass is 10.1. The fraction of sp³-hybridized carbons (Fsp3) is 0.308. The molecule has 0 amide bonds. The Balaban J connectivity index is 2.59. The molecule has 1 heterocycles. The monoisotopic (exact) mass is 280 g/mol. The summed E-state index contributed by atoms with van der Waals surface area (Å²) in [4.78, 5) is 0.